The fourth-order valence-electron chi connectivity index (χ4n) is 1.49. The molecule has 0 aliphatic rings. The number of thioether (sulfide) groups is 1. The zero-order chi connectivity index (χ0) is 12.3. The molecule has 2 rings (SSSR count). The van der Waals surface area contributed by atoms with Crippen molar-refractivity contribution in [1.82, 2.24) is 9.97 Å². The van der Waals surface area contributed by atoms with E-state index in [1.165, 1.54) is 10.4 Å². The van der Waals surface area contributed by atoms with E-state index in [9.17, 15) is 0 Å². The maximum atomic E-state index is 5.84. The summed E-state index contributed by atoms with van der Waals surface area (Å²) in [4.78, 5) is 9.93. The Morgan fingerprint density at radius 3 is 2.59 bits per heavy atom. The number of aryl methyl sites for hydroxylation is 2. The summed E-state index contributed by atoms with van der Waals surface area (Å²) in [5.41, 5.74) is 8.21. The number of thiophene rings is 1. The van der Waals surface area contributed by atoms with Gasteiger partial charge in [0.1, 0.15) is 0 Å². The smallest absolute Gasteiger partial charge is 0.188 e. The summed E-state index contributed by atoms with van der Waals surface area (Å²) in [6.45, 7) is 4.70. The summed E-state index contributed by atoms with van der Waals surface area (Å²) >= 11 is 3.38. The lowest BCUT2D eigenvalue weighted by molar-refractivity contribution is 0.909. The third-order valence-electron chi connectivity index (χ3n) is 2.41. The second kappa shape index (κ2) is 5.62. The van der Waals surface area contributed by atoms with E-state index in [4.69, 9.17) is 5.73 Å². The second-order valence-electron chi connectivity index (χ2n) is 3.85. The van der Waals surface area contributed by atoms with Gasteiger partial charge in [0.25, 0.3) is 0 Å². The number of hydrogen-bond acceptors (Lipinski definition) is 5. The molecule has 0 saturated heterocycles. The van der Waals surface area contributed by atoms with Gasteiger partial charge in [-0.25, -0.2) is 9.97 Å². The number of nitrogens with zero attached hydrogens (tertiary/aromatic N) is 2. The van der Waals surface area contributed by atoms with Crippen molar-refractivity contribution in [1.29, 1.82) is 0 Å². The summed E-state index contributed by atoms with van der Waals surface area (Å²) < 4.78 is 0. The molecule has 5 heteroatoms. The van der Waals surface area contributed by atoms with Crippen molar-refractivity contribution in [3.05, 3.63) is 39.8 Å². The van der Waals surface area contributed by atoms with Gasteiger partial charge in [-0.15, -0.1) is 11.3 Å². The van der Waals surface area contributed by atoms with Crippen LogP contribution in [0.1, 0.15) is 21.3 Å². The zero-order valence-corrected chi connectivity index (χ0v) is 11.5. The van der Waals surface area contributed by atoms with Crippen LogP contribution in [0.5, 0.6) is 0 Å². The molecule has 17 heavy (non-hydrogen) atoms. The highest BCUT2D eigenvalue weighted by molar-refractivity contribution is 7.99. The van der Waals surface area contributed by atoms with Gasteiger partial charge in [0.05, 0.1) is 5.25 Å². The van der Waals surface area contributed by atoms with Gasteiger partial charge in [-0.1, -0.05) is 11.8 Å². The Labute approximate surface area is 109 Å². The van der Waals surface area contributed by atoms with Crippen molar-refractivity contribution in [2.24, 2.45) is 5.73 Å². The van der Waals surface area contributed by atoms with Gasteiger partial charge >= 0.3 is 0 Å². The highest BCUT2D eigenvalue weighted by Gasteiger charge is 2.16. The molecule has 3 nitrogen and oxygen atoms in total. The van der Waals surface area contributed by atoms with Gasteiger partial charge in [-0.3, -0.25) is 0 Å². The molecular formula is C12H15N3S2. The van der Waals surface area contributed by atoms with E-state index in [0.717, 1.165) is 10.7 Å². The lowest BCUT2D eigenvalue weighted by Crippen LogP contribution is -2.09. The first-order valence-corrected chi connectivity index (χ1v) is 7.16. The first-order valence-electron chi connectivity index (χ1n) is 5.40. The molecule has 2 aromatic rings. The molecule has 0 bridgehead atoms. The molecule has 0 spiro atoms. The molecule has 1 atom stereocenters. The van der Waals surface area contributed by atoms with Gasteiger partial charge in [-0.05, 0) is 36.4 Å². The van der Waals surface area contributed by atoms with Crippen molar-refractivity contribution >= 4 is 23.1 Å². The number of rotatable bonds is 4. The van der Waals surface area contributed by atoms with Crippen LogP contribution in [0.4, 0.5) is 0 Å². The van der Waals surface area contributed by atoms with Gasteiger partial charge in [0.15, 0.2) is 5.16 Å². The van der Waals surface area contributed by atoms with Crippen molar-refractivity contribution < 1.29 is 0 Å². The molecule has 0 radical (unpaired) electrons. The molecule has 0 aromatic carbocycles. The maximum Gasteiger partial charge on any atom is 0.188 e. The molecule has 0 aliphatic carbocycles. The number of aromatic nitrogens is 2. The first-order chi connectivity index (χ1) is 8.20. The highest BCUT2D eigenvalue weighted by Crippen LogP contribution is 2.36. The molecule has 2 heterocycles. The van der Waals surface area contributed by atoms with Crippen LogP contribution >= 0.6 is 23.1 Å². The minimum atomic E-state index is 0.248. The lowest BCUT2D eigenvalue weighted by atomic mass is 10.2. The summed E-state index contributed by atoms with van der Waals surface area (Å²) in [7, 11) is 0. The van der Waals surface area contributed by atoms with Crippen LogP contribution in [0.25, 0.3) is 0 Å². The van der Waals surface area contributed by atoms with E-state index in [2.05, 4.69) is 28.3 Å². The van der Waals surface area contributed by atoms with E-state index in [1.807, 2.05) is 19.3 Å². The van der Waals surface area contributed by atoms with E-state index in [1.54, 1.807) is 23.1 Å². The third-order valence-corrected chi connectivity index (χ3v) is 4.83. The molecule has 0 fully saturated rings. The summed E-state index contributed by atoms with van der Waals surface area (Å²) in [6.07, 6.45) is 3.67. The molecule has 90 valence electrons. The Balaban J connectivity index is 2.16. The predicted octanol–water partition coefficient (Wildman–Crippen LogP) is 2.95. The summed E-state index contributed by atoms with van der Waals surface area (Å²) in [5.74, 6) is 0. The van der Waals surface area contributed by atoms with E-state index in [0.29, 0.717) is 6.54 Å². The van der Waals surface area contributed by atoms with Crippen molar-refractivity contribution in [3.8, 4) is 0 Å². The normalized spacial score (nSPS) is 12.6. The van der Waals surface area contributed by atoms with Crippen molar-refractivity contribution in [3.63, 3.8) is 0 Å². The van der Waals surface area contributed by atoms with Crippen LogP contribution < -0.4 is 5.73 Å². The Morgan fingerprint density at radius 2 is 2.06 bits per heavy atom. The quantitative estimate of drug-likeness (QED) is 0.682. The van der Waals surface area contributed by atoms with E-state index >= 15 is 0 Å². The first kappa shape index (κ1) is 12.5. The fraction of sp³-hybridized carbons (Fsp3) is 0.333. The SMILES string of the molecule is Cc1cnc(SC(CN)c2sccc2C)nc1. The lowest BCUT2D eigenvalue weighted by Gasteiger charge is -2.12. The standard InChI is InChI=1S/C12H15N3S2/c1-8-6-14-12(15-7-8)17-10(5-13)11-9(2)3-4-16-11/h3-4,6-7,10H,5,13H2,1-2H3. The van der Waals surface area contributed by atoms with Crippen LogP contribution in [0.15, 0.2) is 29.0 Å². The molecule has 0 saturated carbocycles. The molecular weight excluding hydrogens is 250 g/mol. The number of hydrogen-bond donors (Lipinski definition) is 1. The average Bonchev–Trinajstić information content (AvgIpc) is 2.75. The monoisotopic (exact) mass is 265 g/mol. The molecule has 2 aromatic heterocycles. The predicted molar refractivity (Wildman–Crippen MR) is 73.5 cm³/mol. The van der Waals surface area contributed by atoms with Crippen LogP contribution in [0.3, 0.4) is 0 Å². The third kappa shape index (κ3) is 3.06. The topological polar surface area (TPSA) is 51.8 Å². The largest absolute Gasteiger partial charge is 0.329 e. The Bertz CT molecular complexity index is 479. The highest BCUT2D eigenvalue weighted by atomic mass is 32.2. The van der Waals surface area contributed by atoms with Gasteiger partial charge in [0, 0.05) is 23.8 Å². The minimum absolute atomic E-state index is 0.248. The van der Waals surface area contributed by atoms with E-state index in [-0.39, 0.29) is 5.25 Å². The van der Waals surface area contributed by atoms with E-state index < -0.39 is 0 Å². The fourth-order valence-corrected chi connectivity index (χ4v) is 3.59. The number of nitrogens with two attached hydrogens (primary N) is 1. The van der Waals surface area contributed by atoms with Gasteiger partial charge in [-0.2, -0.15) is 0 Å². The van der Waals surface area contributed by atoms with Gasteiger partial charge < -0.3 is 5.73 Å². The Hall–Kier alpha value is -0.910. The Kier molecular flexibility index (Phi) is 4.15. The maximum absolute atomic E-state index is 5.84. The van der Waals surface area contributed by atoms with Crippen LogP contribution in [0.2, 0.25) is 0 Å². The Morgan fingerprint density at radius 1 is 1.35 bits per heavy atom. The van der Waals surface area contributed by atoms with Crippen molar-refractivity contribution in [2.45, 2.75) is 24.3 Å². The van der Waals surface area contributed by atoms with Crippen molar-refractivity contribution in [2.75, 3.05) is 6.54 Å². The van der Waals surface area contributed by atoms with Crippen LogP contribution in [0, 0.1) is 13.8 Å². The molecule has 1 unspecified atom stereocenters. The minimum Gasteiger partial charge on any atom is -0.329 e. The molecule has 0 aliphatic heterocycles. The second-order valence-corrected chi connectivity index (χ2v) is 5.97. The average molecular weight is 265 g/mol. The molecule has 2 N–H and O–H groups in total. The van der Waals surface area contributed by atoms with Gasteiger partial charge in [0.2, 0.25) is 0 Å². The zero-order valence-electron chi connectivity index (χ0n) is 9.88. The summed E-state index contributed by atoms with van der Waals surface area (Å²) in [5, 5.41) is 3.14. The van der Waals surface area contributed by atoms with Crippen LogP contribution in [-0.2, 0) is 0 Å². The summed E-state index contributed by atoms with van der Waals surface area (Å²) in [6, 6.07) is 2.12. The molecule has 0 amide bonds. The van der Waals surface area contributed by atoms with Crippen LogP contribution in [-0.4, -0.2) is 16.5 Å².